The van der Waals surface area contributed by atoms with Crippen molar-refractivity contribution >= 4 is 5.91 Å². The first-order valence-electron chi connectivity index (χ1n) is 8.56. The lowest BCUT2D eigenvalue weighted by Crippen LogP contribution is -2.41. The van der Waals surface area contributed by atoms with Crippen LogP contribution < -0.4 is 5.32 Å². The van der Waals surface area contributed by atoms with E-state index in [4.69, 9.17) is 0 Å². The second-order valence-corrected chi connectivity index (χ2v) is 6.39. The quantitative estimate of drug-likeness (QED) is 0.919. The Bertz CT molecular complexity index is 635. The van der Waals surface area contributed by atoms with Crippen LogP contribution in [0.2, 0.25) is 0 Å². The van der Waals surface area contributed by atoms with Crippen LogP contribution in [0.5, 0.6) is 0 Å². The van der Waals surface area contributed by atoms with Gasteiger partial charge in [0.2, 0.25) is 5.91 Å². The molecule has 1 N–H and O–H groups in total. The van der Waals surface area contributed by atoms with E-state index in [1.54, 1.807) is 6.20 Å². The normalized spacial score (nSPS) is 21.1. The second kappa shape index (κ2) is 7.44. The fourth-order valence-electron chi connectivity index (χ4n) is 3.54. The van der Waals surface area contributed by atoms with Gasteiger partial charge in [0.05, 0.1) is 0 Å². The number of benzene rings is 1. The number of rotatable bonds is 5. The predicted molar refractivity (Wildman–Crippen MR) is 91.2 cm³/mol. The summed E-state index contributed by atoms with van der Waals surface area (Å²) >= 11 is 0. The molecule has 4 heteroatoms. The van der Waals surface area contributed by atoms with Gasteiger partial charge in [-0.3, -0.25) is 4.79 Å². The molecule has 3 rings (SSSR count). The van der Waals surface area contributed by atoms with Gasteiger partial charge in [0.15, 0.2) is 0 Å². The van der Waals surface area contributed by atoms with Crippen LogP contribution >= 0.6 is 0 Å². The summed E-state index contributed by atoms with van der Waals surface area (Å²) in [7, 11) is 0. The Kier molecular flexibility index (Phi) is 5.11. The summed E-state index contributed by atoms with van der Waals surface area (Å²) in [5, 5.41) is 3.28. The minimum absolute atomic E-state index is 0.144. The van der Waals surface area contributed by atoms with Crippen LogP contribution in [0.25, 0.3) is 0 Å². The highest BCUT2D eigenvalue weighted by Crippen LogP contribution is 2.33. The molecule has 1 aromatic heterocycles. The first kappa shape index (κ1) is 15.8. The Morgan fingerprint density at radius 1 is 1.26 bits per heavy atom. The molecule has 4 nitrogen and oxygen atoms in total. The van der Waals surface area contributed by atoms with Crippen molar-refractivity contribution in [3.8, 4) is 0 Å². The fraction of sp³-hybridized carbons (Fsp3) is 0.474. The number of hydrogen-bond acceptors (Lipinski definition) is 2. The summed E-state index contributed by atoms with van der Waals surface area (Å²) in [6.45, 7) is 2.66. The largest absolute Gasteiger partial charge is 0.353 e. The molecule has 1 aliphatic carbocycles. The number of imidazole rings is 1. The number of carbonyl (C=O) groups excluding carboxylic acids is 1. The third-order valence-electron chi connectivity index (χ3n) is 4.84. The molecule has 2 aromatic rings. The number of aromatic nitrogens is 2. The number of aryl methyl sites for hydroxylation is 2. The molecule has 0 bridgehead atoms. The lowest BCUT2D eigenvalue weighted by Gasteiger charge is -2.32. The highest BCUT2D eigenvalue weighted by atomic mass is 16.1. The number of carbonyl (C=O) groups is 1. The number of nitrogens with one attached hydrogen (secondary N) is 1. The van der Waals surface area contributed by atoms with Crippen molar-refractivity contribution in [3.63, 3.8) is 0 Å². The summed E-state index contributed by atoms with van der Waals surface area (Å²) in [4.78, 5) is 16.5. The van der Waals surface area contributed by atoms with Crippen molar-refractivity contribution in [1.29, 1.82) is 0 Å². The van der Waals surface area contributed by atoms with Crippen LogP contribution in [0.1, 0.15) is 49.4 Å². The van der Waals surface area contributed by atoms with Crippen molar-refractivity contribution in [1.82, 2.24) is 14.9 Å². The van der Waals surface area contributed by atoms with E-state index in [1.807, 2.05) is 23.8 Å². The second-order valence-electron chi connectivity index (χ2n) is 6.39. The van der Waals surface area contributed by atoms with Gasteiger partial charge in [-0.15, -0.1) is 0 Å². The van der Waals surface area contributed by atoms with Gasteiger partial charge < -0.3 is 9.88 Å². The van der Waals surface area contributed by atoms with Crippen LogP contribution in [0.15, 0.2) is 42.7 Å². The molecule has 0 aliphatic heterocycles. The number of hydrogen-bond donors (Lipinski definition) is 1. The average Bonchev–Trinajstić information content (AvgIpc) is 2.99. The minimum Gasteiger partial charge on any atom is -0.353 e. The lowest BCUT2D eigenvalue weighted by atomic mass is 9.80. The third-order valence-corrected chi connectivity index (χ3v) is 4.84. The Balaban J connectivity index is 1.58. The molecule has 1 fully saturated rings. The number of nitrogens with zero attached hydrogens (tertiary/aromatic N) is 2. The first-order chi connectivity index (χ1) is 11.2. The van der Waals surface area contributed by atoms with E-state index >= 15 is 0 Å². The van der Waals surface area contributed by atoms with Crippen LogP contribution in [0.3, 0.4) is 0 Å². The van der Waals surface area contributed by atoms with Crippen LogP contribution in [0.4, 0.5) is 0 Å². The monoisotopic (exact) mass is 311 g/mol. The van der Waals surface area contributed by atoms with Gasteiger partial charge in [0.25, 0.3) is 0 Å². The highest BCUT2D eigenvalue weighted by molar-refractivity contribution is 5.76. The van der Waals surface area contributed by atoms with Crippen molar-refractivity contribution in [2.75, 3.05) is 0 Å². The summed E-state index contributed by atoms with van der Waals surface area (Å²) < 4.78 is 2.02. The summed E-state index contributed by atoms with van der Waals surface area (Å²) in [6.07, 6.45) is 8.91. The molecule has 1 saturated carbocycles. The standard InChI is InChI=1S/C19H25N3O/c1-15-20-12-14-22(15)13-11-19(23)21-18-10-6-5-9-17(18)16-7-3-2-4-8-16/h2-4,7-8,12,14,17-18H,5-6,9-11,13H2,1H3,(H,21,23)/t17-,18+/m0/s1. The molecule has 2 atom stereocenters. The first-order valence-corrected chi connectivity index (χ1v) is 8.56. The van der Waals surface area contributed by atoms with Gasteiger partial charge >= 0.3 is 0 Å². The fourth-order valence-corrected chi connectivity index (χ4v) is 3.54. The van der Waals surface area contributed by atoms with E-state index in [-0.39, 0.29) is 11.9 Å². The number of amides is 1. The molecular formula is C19H25N3O. The lowest BCUT2D eigenvalue weighted by molar-refractivity contribution is -0.122. The zero-order valence-electron chi connectivity index (χ0n) is 13.7. The van der Waals surface area contributed by atoms with Gasteiger partial charge in [0, 0.05) is 37.3 Å². The van der Waals surface area contributed by atoms with Crippen LogP contribution in [0, 0.1) is 6.92 Å². The van der Waals surface area contributed by atoms with E-state index in [2.05, 4.69) is 34.6 Å². The molecule has 122 valence electrons. The van der Waals surface area contributed by atoms with Gasteiger partial charge in [0.1, 0.15) is 5.82 Å². The van der Waals surface area contributed by atoms with Crippen molar-refractivity contribution in [2.24, 2.45) is 0 Å². The molecule has 23 heavy (non-hydrogen) atoms. The van der Waals surface area contributed by atoms with Crippen LogP contribution in [-0.4, -0.2) is 21.5 Å². The van der Waals surface area contributed by atoms with E-state index in [0.29, 0.717) is 18.9 Å². The maximum absolute atomic E-state index is 12.3. The summed E-state index contributed by atoms with van der Waals surface area (Å²) in [5.41, 5.74) is 1.35. The molecule has 1 amide bonds. The molecule has 0 saturated heterocycles. The van der Waals surface area contributed by atoms with Gasteiger partial charge in [-0.05, 0) is 25.3 Å². The zero-order valence-corrected chi connectivity index (χ0v) is 13.7. The van der Waals surface area contributed by atoms with Gasteiger partial charge in [-0.2, -0.15) is 0 Å². The smallest absolute Gasteiger partial charge is 0.222 e. The molecule has 1 aliphatic rings. The summed E-state index contributed by atoms with van der Waals surface area (Å²) in [6, 6.07) is 10.9. The Morgan fingerprint density at radius 2 is 2.04 bits per heavy atom. The Hall–Kier alpha value is -2.10. The van der Waals surface area contributed by atoms with Crippen molar-refractivity contribution < 1.29 is 4.79 Å². The van der Waals surface area contributed by atoms with Gasteiger partial charge in [-0.25, -0.2) is 4.98 Å². The van der Waals surface area contributed by atoms with Crippen molar-refractivity contribution in [3.05, 3.63) is 54.1 Å². The van der Waals surface area contributed by atoms with Crippen LogP contribution in [-0.2, 0) is 11.3 Å². The molecular weight excluding hydrogens is 286 g/mol. The molecule has 0 radical (unpaired) electrons. The maximum Gasteiger partial charge on any atom is 0.222 e. The third kappa shape index (κ3) is 4.01. The summed E-state index contributed by atoms with van der Waals surface area (Å²) in [5.74, 6) is 1.55. The van der Waals surface area contributed by atoms with E-state index < -0.39 is 0 Å². The molecule has 0 unspecified atom stereocenters. The van der Waals surface area contributed by atoms with E-state index in [9.17, 15) is 4.79 Å². The molecule has 0 spiro atoms. The SMILES string of the molecule is Cc1nccn1CCC(=O)N[C@@H]1CCCC[C@H]1c1ccccc1. The zero-order chi connectivity index (χ0) is 16.1. The molecule has 1 aromatic carbocycles. The van der Waals surface area contributed by atoms with Gasteiger partial charge in [-0.1, -0.05) is 43.2 Å². The predicted octanol–water partition coefficient (Wildman–Crippen LogP) is 3.42. The highest BCUT2D eigenvalue weighted by Gasteiger charge is 2.27. The topological polar surface area (TPSA) is 46.9 Å². The molecule has 1 heterocycles. The minimum atomic E-state index is 0.144. The average molecular weight is 311 g/mol. The Morgan fingerprint density at radius 3 is 2.78 bits per heavy atom. The van der Waals surface area contributed by atoms with E-state index in [0.717, 1.165) is 18.7 Å². The maximum atomic E-state index is 12.3. The van der Waals surface area contributed by atoms with E-state index in [1.165, 1.54) is 18.4 Å². The van der Waals surface area contributed by atoms with Crippen molar-refractivity contribution in [2.45, 2.75) is 57.5 Å². The Labute approximate surface area is 137 Å².